The average Bonchev–Trinajstić information content (AvgIpc) is 3.27. The SMILES string of the molecule is CC1CCCC(C(N)=O)CCCCCCCC(CNC(=O)CCC([NH-])=O)C1.[CH-]=C(CO)C1Cc2c(O)c3c(c(O)c2[C@@H](O[C@H]2C[C@H](N)[C@H](O)[C@H](C)O2)C1)C(=O)c1c(OC)cccc1C3=O.[Li+]. The van der Waals surface area contributed by atoms with E-state index in [1.807, 2.05) is 0 Å². The molecule has 10 N–H and O–H groups in total. The maximum atomic E-state index is 13.7. The number of phenols is 2. The monoisotopic (exact) mass is 911 g/mol. The predicted molar refractivity (Wildman–Crippen MR) is 241 cm³/mol. The van der Waals surface area contributed by atoms with Crippen LogP contribution in [0.3, 0.4) is 0 Å². The molecule has 2 aromatic carbocycles. The second-order valence-electron chi connectivity index (χ2n) is 18.3. The Morgan fingerprint density at radius 1 is 0.894 bits per heavy atom. The Bertz CT molecular complexity index is 2050. The van der Waals surface area contributed by atoms with Gasteiger partial charge in [-0.3, -0.25) is 19.2 Å². The number of benzene rings is 2. The molecule has 2 aromatic rings. The number of fused-ring (bicyclic) bond motifs is 3. The molecule has 3 aliphatic carbocycles. The van der Waals surface area contributed by atoms with Gasteiger partial charge in [0.15, 0.2) is 12.1 Å². The van der Waals surface area contributed by atoms with E-state index in [-0.39, 0.29) is 113 Å². The largest absolute Gasteiger partial charge is 1.00 e. The topological polar surface area (TPSA) is 282 Å². The van der Waals surface area contributed by atoms with Gasteiger partial charge in [0.05, 0.1) is 42.1 Å². The number of phenolic OH excluding ortho intramolecular Hbond substituents is 2. The summed E-state index contributed by atoms with van der Waals surface area (Å²) in [5.41, 5.74) is 18.5. The standard InChI is InChI=1S/C28H30NO9.C21H39N3O3.Li/c1-11(10-30)13-7-15-21(18(8-13)38-19-9-16(29)24(31)12(2)37-19)28(35)23-22(26(15)33)25(32)14-5-4-6-17(36-3)20(14)27(23)34;1-16-8-7-11-18(21(23)27)10-6-4-2-3-5-9-17(14-16)15-24-20(26)13-12-19(22)25;/h1,4-6,12-13,16,18-19,24,30-31,33,35H,7-10,29H2,2-3H3;16-18H,2-15H2,1H3,(H5,22,23,24,25,26,27);/q-1;;+1/p-1/t12-,13?,16-,18-,19-,24+;;/m0../s1. The first-order valence-corrected chi connectivity index (χ1v) is 23.1. The van der Waals surface area contributed by atoms with E-state index in [4.69, 9.17) is 38.0 Å². The van der Waals surface area contributed by atoms with Crippen LogP contribution in [0.5, 0.6) is 17.2 Å². The number of carbonyl (C=O) groups excluding carboxylic acids is 5. The fourth-order valence-corrected chi connectivity index (χ4v) is 9.83. The van der Waals surface area contributed by atoms with Crippen LogP contribution in [0, 0.1) is 30.3 Å². The van der Waals surface area contributed by atoms with Crippen LogP contribution in [0.2, 0.25) is 0 Å². The Morgan fingerprint density at radius 2 is 1.56 bits per heavy atom. The van der Waals surface area contributed by atoms with Crippen molar-refractivity contribution in [1.29, 1.82) is 0 Å². The molecule has 6 rings (SSSR count). The molecule has 1 saturated carbocycles. The van der Waals surface area contributed by atoms with Crippen LogP contribution >= 0.6 is 0 Å². The number of rotatable bonds is 11. The van der Waals surface area contributed by atoms with Gasteiger partial charge in [-0.25, -0.2) is 5.57 Å². The van der Waals surface area contributed by atoms with Gasteiger partial charge in [0.25, 0.3) is 0 Å². The number of carbonyl (C=O) groups is 5. The van der Waals surface area contributed by atoms with Crippen molar-refractivity contribution in [2.24, 2.45) is 35.1 Å². The predicted octanol–water partition coefficient (Wildman–Crippen LogP) is 2.80. The summed E-state index contributed by atoms with van der Waals surface area (Å²) in [4.78, 5) is 61.3. The number of primary amides is 1. The Balaban J connectivity index is 0.000000303. The maximum Gasteiger partial charge on any atom is 1.00 e. The first-order chi connectivity index (χ1) is 31.0. The zero-order valence-corrected chi connectivity index (χ0v) is 38.9. The van der Waals surface area contributed by atoms with Crippen molar-refractivity contribution in [2.75, 3.05) is 20.3 Å². The van der Waals surface area contributed by atoms with Gasteiger partial charge in [0.2, 0.25) is 17.6 Å². The number of methoxy groups -OCH3 is 1. The van der Waals surface area contributed by atoms with Crippen molar-refractivity contribution in [3.05, 3.63) is 69.5 Å². The van der Waals surface area contributed by atoms with E-state index in [2.05, 4.69) is 12.2 Å². The third-order valence-corrected chi connectivity index (χ3v) is 13.5. The smallest absolute Gasteiger partial charge is 0.668 e. The molecule has 1 saturated heterocycles. The molecule has 4 unspecified atom stereocenters. The molecule has 4 aliphatic rings. The van der Waals surface area contributed by atoms with Crippen molar-refractivity contribution >= 4 is 29.3 Å². The number of aromatic hydroxyl groups is 2. The van der Waals surface area contributed by atoms with Crippen LogP contribution in [-0.4, -0.2) is 94.5 Å². The molecule has 0 radical (unpaired) electrons. The van der Waals surface area contributed by atoms with Crippen LogP contribution < -0.4 is 40.4 Å². The molecule has 358 valence electrons. The molecule has 1 heterocycles. The second kappa shape index (κ2) is 25.2. The summed E-state index contributed by atoms with van der Waals surface area (Å²) >= 11 is 0. The van der Waals surface area contributed by atoms with Gasteiger partial charge in [-0.1, -0.05) is 64.0 Å². The molecule has 0 aromatic heterocycles. The zero-order chi connectivity index (χ0) is 47.5. The number of amides is 3. The molecule has 0 bridgehead atoms. The van der Waals surface area contributed by atoms with Crippen LogP contribution in [0.15, 0.2) is 23.8 Å². The van der Waals surface area contributed by atoms with Crippen molar-refractivity contribution in [1.82, 2.24) is 5.32 Å². The minimum Gasteiger partial charge on any atom is -0.668 e. The molecule has 0 spiro atoms. The fourth-order valence-electron chi connectivity index (χ4n) is 9.83. The Hall–Kier alpha value is -4.27. The molecular formula is C49H68LiN4O12-. The van der Waals surface area contributed by atoms with Crippen molar-refractivity contribution in [2.45, 2.75) is 147 Å². The summed E-state index contributed by atoms with van der Waals surface area (Å²) in [5.74, 6) is -2.49. The maximum absolute atomic E-state index is 13.7. The van der Waals surface area contributed by atoms with Gasteiger partial charge in [-0.15, -0.1) is 0 Å². The van der Waals surface area contributed by atoms with Gasteiger partial charge < -0.3 is 68.5 Å². The molecule has 1 aliphatic heterocycles. The molecule has 17 heteroatoms. The normalized spacial score (nSPS) is 26.9. The number of aliphatic hydroxyl groups is 2. The van der Waals surface area contributed by atoms with Gasteiger partial charge in [0.1, 0.15) is 17.2 Å². The number of hydrogen-bond acceptors (Lipinski definition) is 13. The van der Waals surface area contributed by atoms with Crippen molar-refractivity contribution in [3.63, 3.8) is 0 Å². The van der Waals surface area contributed by atoms with E-state index in [1.165, 1.54) is 32.1 Å². The van der Waals surface area contributed by atoms with Gasteiger partial charge in [0, 0.05) is 60.6 Å². The third kappa shape index (κ3) is 13.5. The number of aliphatic hydroxyl groups excluding tert-OH is 2. The average molecular weight is 912 g/mol. The van der Waals surface area contributed by atoms with E-state index in [1.54, 1.807) is 13.0 Å². The van der Waals surface area contributed by atoms with E-state index in [9.17, 15) is 44.4 Å². The molecule has 3 amide bonds. The van der Waals surface area contributed by atoms with Gasteiger partial charge in [-0.05, 0) is 75.7 Å². The van der Waals surface area contributed by atoms with E-state index < -0.39 is 72.1 Å². The molecule has 9 atom stereocenters. The molecule has 2 fully saturated rings. The summed E-state index contributed by atoms with van der Waals surface area (Å²) in [6, 6.07) is 3.94. The second-order valence-corrected chi connectivity index (χ2v) is 18.3. The fraction of sp³-hybridized carbons (Fsp3) is 0.612. The van der Waals surface area contributed by atoms with Gasteiger partial charge >= 0.3 is 18.9 Å². The molecule has 66 heavy (non-hydrogen) atoms. The quantitative estimate of drug-likeness (QED) is 0.0829. The van der Waals surface area contributed by atoms with E-state index in [0.717, 1.165) is 57.8 Å². The number of nitrogens with one attached hydrogen (secondary N) is 2. The Morgan fingerprint density at radius 3 is 2.21 bits per heavy atom. The zero-order valence-electron chi connectivity index (χ0n) is 38.9. The van der Waals surface area contributed by atoms with Crippen LogP contribution in [0.4, 0.5) is 0 Å². The van der Waals surface area contributed by atoms with E-state index >= 15 is 0 Å². The summed E-state index contributed by atoms with van der Waals surface area (Å²) < 4.78 is 17.3. The van der Waals surface area contributed by atoms with Crippen molar-refractivity contribution < 1.29 is 77.5 Å². The minimum atomic E-state index is -0.938. The van der Waals surface area contributed by atoms with Crippen LogP contribution in [0.25, 0.3) is 5.73 Å². The Labute approximate surface area is 399 Å². The summed E-state index contributed by atoms with van der Waals surface area (Å²) in [7, 11) is 1.37. The van der Waals surface area contributed by atoms with E-state index in [0.29, 0.717) is 18.4 Å². The van der Waals surface area contributed by atoms with Crippen molar-refractivity contribution in [3.8, 4) is 17.2 Å². The van der Waals surface area contributed by atoms with Gasteiger partial charge in [-0.2, -0.15) is 0 Å². The molecular weight excluding hydrogens is 843 g/mol. The number of ketones is 2. The van der Waals surface area contributed by atoms with Crippen LogP contribution in [-0.2, 0) is 30.3 Å². The summed E-state index contributed by atoms with van der Waals surface area (Å²) in [6.07, 6.45) is 9.13. The first kappa shape index (κ1) is 54.3. The summed E-state index contributed by atoms with van der Waals surface area (Å²) in [6.45, 7) is 10.2. The minimum absolute atomic E-state index is 0. The third-order valence-electron chi connectivity index (χ3n) is 13.5. The number of ether oxygens (including phenoxy) is 3. The summed E-state index contributed by atoms with van der Waals surface area (Å²) in [5, 5.41) is 45.7. The Kier molecular flexibility index (Phi) is 20.7. The number of nitrogens with two attached hydrogens (primary N) is 2. The molecule has 16 nitrogen and oxygen atoms in total. The first-order valence-electron chi connectivity index (χ1n) is 23.1. The number of hydrogen-bond donors (Lipinski definition) is 7. The van der Waals surface area contributed by atoms with Crippen LogP contribution in [0.1, 0.15) is 159 Å².